The molecule has 0 fully saturated rings. The van der Waals surface area contributed by atoms with Gasteiger partial charge in [-0.25, -0.2) is 0 Å². The molecule has 0 saturated carbocycles. The van der Waals surface area contributed by atoms with Crippen LogP contribution in [0, 0.1) is 5.92 Å². The van der Waals surface area contributed by atoms with Gasteiger partial charge in [-0.2, -0.15) is 0 Å². The van der Waals surface area contributed by atoms with E-state index in [-0.39, 0.29) is 18.6 Å². The average molecular weight is 230 g/mol. The molecule has 4 nitrogen and oxygen atoms in total. The summed E-state index contributed by atoms with van der Waals surface area (Å²) in [4.78, 5) is 11.5. The Morgan fingerprint density at radius 1 is 1.25 bits per heavy atom. The molecule has 1 amide bonds. The summed E-state index contributed by atoms with van der Waals surface area (Å²) in [6.45, 7) is 8.95. The number of amides is 1. The summed E-state index contributed by atoms with van der Waals surface area (Å²) in [5.41, 5.74) is 0. The van der Waals surface area contributed by atoms with Crippen LogP contribution in [-0.4, -0.2) is 36.2 Å². The van der Waals surface area contributed by atoms with E-state index in [1.807, 2.05) is 13.8 Å². The highest BCUT2D eigenvalue weighted by Crippen LogP contribution is 2.04. The van der Waals surface area contributed by atoms with Gasteiger partial charge in [-0.1, -0.05) is 27.7 Å². The van der Waals surface area contributed by atoms with Gasteiger partial charge in [0, 0.05) is 19.0 Å². The highest BCUT2D eigenvalue weighted by Gasteiger charge is 2.12. The highest BCUT2D eigenvalue weighted by molar-refractivity contribution is 5.76. The lowest BCUT2D eigenvalue weighted by Crippen LogP contribution is -2.40. The lowest BCUT2D eigenvalue weighted by Gasteiger charge is -2.18. The molecular formula is C12H26N2O2. The normalized spacial score (nSPS) is 13.2. The summed E-state index contributed by atoms with van der Waals surface area (Å²) >= 11 is 0. The summed E-state index contributed by atoms with van der Waals surface area (Å²) < 4.78 is 0. The smallest absolute Gasteiger partial charge is 0.221 e. The van der Waals surface area contributed by atoms with E-state index < -0.39 is 0 Å². The predicted molar refractivity (Wildman–Crippen MR) is 66.2 cm³/mol. The largest absolute Gasteiger partial charge is 0.394 e. The Balaban J connectivity index is 3.74. The Hall–Kier alpha value is -0.610. The van der Waals surface area contributed by atoms with E-state index in [0.29, 0.717) is 24.9 Å². The lowest BCUT2D eigenvalue weighted by atomic mass is 10.0. The molecule has 0 bridgehead atoms. The first-order chi connectivity index (χ1) is 7.45. The molecule has 0 saturated heterocycles. The van der Waals surface area contributed by atoms with Crippen molar-refractivity contribution in [3.05, 3.63) is 0 Å². The zero-order valence-electron chi connectivity index (χ0n) is 10.9. The van der Waals surface area contributed by atoms with Crippen molar-refractivity contribution in [2.45, 2.75) is 52.6 Å². The van der Waals surface area contributed by atoms with Crippen molar-refractivity contribution in [2.75, 3.05) is 13.2 Å². The molecule has 1 atom stereocenters. The van der Waals surface area contributed by atoms with Crippen molar-refractivity contribution in [3.63, 3.8) is 0 Å². The van der Waals surface area contributed by atoms with E-state index in [1.165, 1.54) is 0 Å². The minimum Gasteiger partial charge on any atom is -0.394 e. The van der Waals surface area contributed by atoms with Crippen molar-refractivity contribution in [1.29, 1.82) is 0 Å². The van der Waals surface area contributed by atoms with Gasteiger partial charge in [0.15, 0.2) is 0 Å². The zero-order chi connectivity index (χ0) is 12.6. The van der Waals surface area contributed by atoms with Crippen LogP contribution in [0.4, 0.5) is 0 Å². The third-order valence-corrected chi connectivity index (χ3v) is 2.25. The van der Waals surface area contributed by atoms with E-state index in [9.17, 15) is 4.79 Å². The van der Waals surface area contributed by atoms with E-state index in [0.717, 1.165) is 6.42 Å². The highest BCUT2D eigenvalue weighted by atomic mass is 16.3. The minimum absolute atomic E-state index is 0.00727. The Kier molecular flexibility index (Phi) is 8.21. The van der Waals surface area contributed by atoms with Crippen LogP contribution in [0.5, 0.6) is 0 Å². The molecule has 0 radical (unpaired) electrons. The van der Waals surface area contributed by atoms with E-state index in [1.54, 1.807) is 0 Å². The maximum absolute atomic E-state index is 11.5. The third-order valence-electron chi connectivity index (χ3n) is 2.25. The zero-order valence-corrected chi connectivity index (χ0v) is 10.9. The van der Waals surface area contributed by atoms with Crippen LogP contribution in [0.15, 0.2) is 0 Å². The first kappa shape index (κ1) is 15.4. The quantitative estimate of drug-likeness (QED) is 0.580. The molecule has 0 aromatic rings. The summed E-state index contributed by atoms with van der Waals surface area (Å²) in [5, 5.41) is 15.1. The molecule has 0 aromatic carbocycles. The first-order valence-corrected chi connectivity index (χ1v) is 6.09. The molecule has 1 unspecified atom stereocenters. The maximum atomic E-state index is 11.5. The van der Waals surface area contributed by atoms with Crippen LogP contribution >= 0.6 is 0 Å². The van der Waals surface area contributed by atoms with Crippen LogP contribution < -0.4 is 10.6 Å². The van der Waals surface area contributed by atoms with Gasteiger partial charge in [0.2, 0.25) is 5.91 Å². The Morgan fingerprint density at radius 2 is 1.88 bits per heavy atom. The Labute approximate surface area is 98.8 Å². The molecule has 0 heterocycles. The van der Waals surface area contributed by atoms with Crippen LogP contribution in [0.3, 0.4) is 0 Å². The van der Waals surface area contributed by atoms with Gasteiger partial charge in [0.1, 0.15) is 0 Å². The molecule has 0 aliphatic carbocycles. The number of carbonyl (C=O) groups is 1. The molecule has 16 heavy (non-hydrogen) atoms. The number of rotatable bonds is 8. The first-order valence-electron chi connectivity index (χ1n) is 6.09. The fraction of sp³-hybridized carbons (Fsp3) is 0.917. The standard InChI is InChI=1S/C12H26N2O2/c1-9(2)7-11(8-15)14-12(16)5-6-13-10(3)4/h9-11,13,15H,5-8H2,1-4H3,(H,14,16). The third kappa shape index (κ3) is 8.68. The van der Waals surface area contributed by atoms with Gasteiger partial charge in [-0.15, -0.1) is 0 Å². The average Bonchev–Trinajstić information content (AvgIpc) is 2.15. The second kappa shape index (κ2) is 8.53. The van der Waals surface area contributed by atoms with Crippen molar-refractivity contribution < 1.29 is 9.90 Å². The summed E-state index contributed by atoms with van der Waals surface area (Å²) in [6, 6.07) is 0.295. The second-order valence-corrected chi connectivity index (χ2v) is 4.94. The Morgan fingerprint density at radius 3 is 2.31 bits per heavy atom. The van der Waals surface area contributed by atoms with Gasteiger partial charge in [0.05, 0.1) is 12.6 Å². The maximum Gasteiger partial charge on any atom is 0.221 e. The fourth-order valence-corrected chi connectivity index (χ4v) is 1.52. The molecular weight excluding hydrogens is 204 g/mol. The van der Waals surface area contributed by atoms with E-state index >= 15 is 0 Å². The van der Waals surface area contributed by atoms with Gasteiger partial charge in [-0.05, 0) is 12.3 Å². The summed E-state index contributed by atoms with van der Waals surface area (Å²) in [5.74, 6) is 0.485. The van der Waals surface area contributed by atoms with Gasteiger partial charge < -0.3 is 15.7 Å². The van der Waals surface area contributed by atoms with Crippen LogP contribution in [0.2, 0.25) is 0 Å². The predicted octanol–water partition coefficient (Wildman–Crippen LogP) is 0.898. The molecule has 4 heteroatoms. The number of nitrogens with one attached hydrogen (secondary N) is 2. The van der Waals surface area contributed by atoms with Gasteiger partial charge in [-0.3, -0.25) is 4.79 Å². The Bertz CT molecular complexity index is 193. The number of carbonyl (C=O) groups excluding carboxylic acids is 1. The van der Waals surface area contributed by atoms with Crippen molar-refractivity contribution in [3.8, 4) is 0 Å². The number of aliphatic hydroxyl groups excluding tert-OH is 1. The number of hydrogen-bond donors (Lipinski definition) is 3. The monoisotopic (exact) mass is 230 g/mol. The molecule has 0 aromatic heterocycles. The summed E-state index contributed by atoms with van der Waals surface area (Å²) in [6.07, 6.45) is 1.28. The van der Waals surface area contributed by atoms with Gasteiger partial charge in [0.25, 0.3) is 0 Å². The topological polar surface area (TPSA) is 61.4 Å². The summed E-state index contributed by atoms with van der Waals surface area (Å²) in [7, 11) is 0. The fourth-order valence-electron chi connectivity index (χ4n) is 1.52. The second-order valence-electron chi connectivity index (χ2n) is 4.94. The van der Waals surface area contributed by atoms with E-state index in [4.69, 9.17) is 5.11 Å². The van der Waals surface area contributed by atoms with Crippen molar-refractivity contribution in [2.24, 2.45) is 5.92 Å². The molecule has 96 valence electrons. The molecule has 0 aliphatic rings. The lowest BCUT2D eigenvalue weighted by molar-refractivity contribution is -0.122. The van der Waals surface area contributed by atoms with E-state index in [2.05, 4.69) is 24.5 Å². The molecule has 0 aliphatic heterocycles. The number of hydrogen-bond acceptors (Lipinski definition) is 3. The minimum atomic E-state index is -0.105. The van der Waals surface area contributed by atoms with Crippen molar-refractivity contribution >= 4 is 5.91 Å². The SMILES string of the molecule is CC(C)CC(CO)NC(=O)CCNC(C)C. The molecule has 3 N–H and O–H groups in total. The number of aliphatic hydroxyl groups is 1. The molecule has 0 rings (SSSR count). The van der Waals surface area contributed by atoms with Crippen LogP contribution in [-0.2, 0) is 4.79 Å². The van der Waals surface area contributed by atoms with Crippen LogP contribution in [0.25, 0.3) is 0 Å². The van der Waals surface area contributed by atoms with Gasteiger partial charge >= 0.3 is 0 Å². The van der Waals surface area contributed by atoms with Crippen molar-refractivity contribution in [1.82, 2.24) is 10.6 Å². The van der Waals surface area contributed by atoms with Crippen LogP contribution in [0.1, 0.15) is 40.5 Å². The molecule has 0 spiro atoms.